The van der Waals surface area contributed by atoms with E-state index in [1.54, 1.807) is 0 Å². The predicted molar refractivity (Wildman–Crippen MR) is 54.3 cm³/mol. The molecule has 0 aromatic heterocycles. The molecule has 0 saturated heterocycles. The lowest BCUT2D eigenvalue weighted by Crippen LogP contribution is -2.68. The van der Waals surface area contributed by atoms with E-state index < -0.39 is 56.2 Å². The average molecular weight is 424 g/mol. The molecule has 0 bridgehead atoms. The predicted octanol–water partition coefficient (Wildman–Crippen LogP) is 4.67. The first kappa shape index (κ1) is 25.0. The summed E-state index contributed by atoms with van der Waals surface area (Å²) in [6.07, 6.45) is -26.2. The second-order valence-electron chi connectivity index (χ2n) is 4.44. The van der Waals surface area contributed by atoms with Crippen LogP contribution in [0.25, 0.3) is 0 Å². The average Bonchev–Trinajstić information content (AvgIpc) is 2.36. The second-order valence-corrected chi connectivity index (χ2v) is 4.44. The zero-order valence-electron chi connectivity index (χ0n) is 12.3. The minimum Gasteiger partial charge on any atom is -0.341 e. The molecule has 1 atom stereocenters. The smallest absolute Gasteiger partial charge is 0.341 e. The number of hydrogen-bond acceptors (Lipinski definition) is 3. The van der Waals surface area contributed by atoms with E-state index in [-0.39, 0.29) is 0 Å². The lowest BCUT2D eigenvalue weighted by atomic mass is 10.2. The van der Waals surface area contributed by atoms with Crippen molar-refractivity contribution in [2.24, 2.45) is 0 Å². The van der Waals surface area contributed by atoms with Crippen molar-refractivity contribution in [2.75, 3.05) is 19.9 Å². The van der Waals surface area contributed by atoms with E-state index in [4.69, 9.17) is 0 Å². The number of halogens is 13. The Morgan fingerprint density at radius 1 is 0.654 bits per heavy atom. The van der Waals surface area contributed by atoms with Gasteiger partial charge in [-0.15, -0.1) is 0 Å². The third-order valence-corrected chi connectivity index (χ3v) is 2.48. The van der Waals surface area contributed by atoms with Crippen molar-refractivity contribution in [3.63, 3.8) is 0 Å². The van der Waals surface area contributed by atoms with E-state index in [1.807, 2.05) is 0 Å². The highest BCUT2D eigenvalue weighted by Gasteiger charge is 2.79. The standard InChI is InChI=1S/C10H9F13O3/c1-2-24-5(3-11,8(15,16)17)26-7(9(18,19)20,10(21,22)23)25-4-6(12,13)14/h2-4H2,1H3. The number of hydrogen-bond donors (Lipinski definition) is 0. The van der Waals surface area contributed by atoms with Gasteiger partial charge in [-0.2, -0.15) is 52.7 Å². The fraction of sp³-hybridized carbons (Fsp3) is 1.00. The van der Waals surface area contributed by atoms with Crippen molar-refractivity contribution in [1.82, 2.24) is 0 Å². The molecule has 1 unspecified atom stereocenters. The molecule has 0 fully saturated rings. The van der Waals surface area contributed by atoms with Crippen molar-refractivity contribution < 1.29 is 71.3 Å². The number of ether oxygens (including phenoxy) is 3. The van der Waals surface area contributed by atoms with Crippen LogP contribution in [0.15, 0.2) is 0 Å². The third-order valence-electron chi connectivity index (χ3n) is 2.48. The van der Waals surface area contributed by atoms with E-state index in [1.165, 1.54) is 0 Å². The topological polar surface area (TPSA) is 27.7 Å². The molecule has 0 rings (SSSR count). The SMILES string of the molecule is CCOC(CF)(OC(OCC(F)(F)F)(C(F)(F)F)C(F)(F)F)C(F)(F)F. The largest absolute Gasteiger partial charge is 0.453 e. The summed E-state index contributed by atoms with van der Waals surface area (Å²) in [5, 5.41) is 0. The lowest BCUT2D eigenvalue weighted by molar-refractivity contribution is -0.537. The van der Waals surface area contributed by atoms with Crippen LogP contribution in [0.1, 0.15) is 6.92 Å². The molecule has 0 amide bonds. The monoisotopic (exact) mass is 424 g/mol. The molecular formula is C10H9F13O3. The first-order chi connectivity index (χ1) is 11.3. The summed E-state index contributed by atoms with van der Waals surface area (Å²) >= 11 is 0. The van der Waals surface area contributed by atoms with Crippen LogP contribution in [0.3, 0.4) is 0 Å². The maximum Gasteiger partial charge on any atom is 0.453 e. The zero-order valence-corrected chi connectivity index (χ0v) is 12.3. The molecule has 0 spiro atoms. The van der Waals surface area contributed by atoms with Gasteiger partial charge in [0.2, 0.25) is 0 Å². The van der Waals surface area contributed by atoms with E-state index in [9.17, 15) is 57.1 Å². The second kappa shape index (κ2) is 7.53. The van der Waals surface area contributed by atoms with Crippen LogP contribution in [0.2, 0.25) is 0 Å². The molecule has 0 aromatic rings. The van der Waals surface area contributed by atoms with Crippen LogP contribution in [0.4, 0.5) is 57.1 Å². The Kier molecular flexibility index (Phi) is 7.24. The number of rotatable bonds is 7. The molecule has 0 aliphatic rings. The Morgan fingerprint density at radius 3 is 1.31 bits per heavy atom. The Balaban J connectivity index is 6.46. The zero-order chi connectivity index (χ0) is 21.2. The highest BCUT2D eigenvalue weighted by atomic mass is 19.4. The van der Waals surface area contributed by atoms with Gasteiger partial charge in [0, 0.05) is 6.61 Å². The van der Waals surface area contributed by atoms with Crippen LogP contribution in [0.5, 0.6) is 0 Å². The van der Waals surface area contributed by atoms with Gasteiger partial charge in [-0.25, -0.2) is 4.39 Å². The van der Waals surface area contributed by atoms with Gasteiger partial charge in [-0.1, -0.05) is 0 Å². The molecular weight excluding hydrogens is 415 g/mol. The lowest BCUT2D eigenvalue weighted by Gasteiger charge is -2.43. The van der Waals surface area contributed by atoms with E-state index in [0.29, 0.717) is 6.92 Å². The molecule has 16 heteroatoms. The fourth-order valence-electron chi connectivity index (χ4n) is 1.43. The van der Waals surface area contributed by atoms with Crippen LogP contribution in [0, 0.1) is 0 Å². The van der Waals surface area contributed by atoms with Gasteiger partial charge in [0.05, 0.1) is 0 Å². The summed E-state index contributed by atoms with van der Waals surface area (Å²) in [5.74, 6) is -11.7. The minimum absolute atomic E-state index is 0.624. The maximum absolute atomic E-state index is 12.9. The summed E-state index contributed by atoms with van der Waals surface area (Å²) in [6, 6.07) is 0. The maximum atomic E-state index is 12.9. The summed E-state index contributed by atoms with van der Waals surface area (Å²) in [6.45, 7) is -7.14. The van der Waals surface area contributed by atoms with Crippen LogP contribution < -0.4 is 0 Å². The molecule has 0 aliphatic carbocycles. The molecule has 0 radical (unpaired) electrons. The molecule has 158 valence electrons. The Hall–Kier alpha value is -1.03. The summed E-state index contributed by atoms with van der Waals surface area (Å²) in [5.41, 5.74) is 0. The van der Waals surface area contributed by atoms with Crippen LogP contribution >= 0.6 is 0 Å². The Labute approximate surface area is 136 Å². The highest BCUT2D eigenvalue weighted by Crippen LogP contribution is 2.52. The quantitative estimate of drug-likeness (QED) is 0.440. The van der Waals surface area contributed by atoms with E-state index in [2.05, 4.69) is 14.2 Å². The Bertz CT molecular complexity index is 435. The highest BCUT2D eigenvalue weighted by molar-refractivity contribution is 4.93. The van der Waals surface area contributed by atoms with Gasteiger partial charge < -0.3 is 9.47 Å². The first-order valence-electron chi connectivity index (χ1n) is 6.09. The molecule has 0 heterocycles. The Morgan fingerprint density at radius 2 is 1.08 bits per heavy atom. The molecule has 0 aromatic carbocycles. The number of alkyl halides is 13. The van der Waals surface area contributed by atoms with E-state index in [0.717, 1.165) is 0 Å². The van der Waals surface area contributed by atoms with Crippen LogP contribution in [-0.2, 0) is 14.2 Å². The summed E-state index contributed by atoms with van der Waals surface area (Å²) in [7, 11) is 0. The van der Waals surface area contributed by atoms with Crippen molar-refractivity contribution in [3.05, 3.63) is 0 Å². The van der Waals surface area contributed by atoms with Gasteiger partial charge >= 0.3 is 30.5 Å². The van der Waals surface area contributed by atoms with Gasteiger partial charge in [0.15, 0.2) is 6.67 Å². The van der Waals surface area contributed by atoms with Crippen molar-refractivity contribution in [2.45, 2.75) is 43.2 Å². The van der Waals surface area contributed by atoms with Gasteiger partial charge in [0.25, 0.3) is 5.79 Å². The van der Waals surface area contributed by atoms with Crippen LogP contribution in [-0.4, -0.2) is 56.2 Å². The summed E-state index contributed by atoms with van der Waals surface area (Å²) < 4.78 is 174. The van der Waals surface area contributed by atoms with Crippen molar-refractivity contribution in [3.8, 4) is 0 Å². The third kappa shape index (κ3) is 5.25. The van der Waals surface area contributed by atoms with Gasteiger partial charge in [0.1, 0.15) is 6.61 Å². The van der Waals surface area contributed by atoms with Crippen molar-refractivity contribution in [1.29, 1.82) is 0 Å². The molecule has 26 heavy (non-hydrogen) atoms. The van der Waals surface area contributed by atoms with Crippen molar-refractivity contribution >= 4 is 0 Å². The van der Waals surface area contributed by atoms with E-state index >= 15 is 0 Å². The summed E-state index contributed by atoms with van der Waals surface area (Å²) in [4.78, 5) is 0. The normalized spacial score (nSPS) is 17.3. The first-order valence-corrected chi connectivity index (χ1v) is 6.09. The molecule has 0 saturated carbocycles. The molecule has 3 nitrogen and oxygen atoms in total. The van der Waals surface area contributed by atoms with Gasteiger partial charge in [-0.05, 0) is 6.92 Å². The molecule has 0 N–H and O–H groups in total. The molecule has 0 aliphatic heterocycles. The van der Waals surface area contributed by atoms with Gasteiger partial charge in [-0.3, -0.25) is 4.74 Å². The minimum atomic E-state index is -7.03. The fourth-order valence-corrected chi connectivity index (χ4v) is 1.43.